The molecule has 3 amide bonds. The van der Waals surface area contributed by atoms with Crippen LogP contribution in [0.15, 0.2) is 66.7 Å². The van der Waals surface area contributed by atoms with Gasteiger partial charge in [-0.2, -0.15) is 0 Å². The number of esters is 1. The number of hydrogen-bond donors (Lipinski definition) is 3. The van der Waals surface area contributed by atoms with Crippen molar-refractivity contribution in [1.82, 2.24) is 0 Å². The van der Waals surface area contributed by atoms with Gasteiger partial charge in [0.2, 0.25) is 0 Å². The van der Waals surface area contributed by atoms with Crippen LogP contribution in [0.4, 0.5) is 16.2 Å². The minimum atomic E-state index is -1.01. The Kier molecular flexibility index (Phi) is 5.55. The van der Waals surface area contributed by atoms with Crippen molar-refractivity contribution >= 4 is 40.1 Å². The number of carbonyl (C=O) groups excluding carboxylic acids is 3. The average molecular weight is 377 g/mol. The van der Waals surface area contributed by atoms with Crippen LogP contribution in [-0.2, 0) is 9.53 Å². The highest BCUT2D eigenvalue weighted by atomic mass is 16.5. The maximum absolute atomic E-state index is 12.4. The van der Waals surface area contributed by atoms with E-state index in [4.69, 9.17) is 10.5 Å². The number of fused-ring (bicyclic) bond motifs is 1. The fourth-order valence-corrected chi connectivity index (χ4v) is 2.66. The van der Waals surface area contributed by atoms with E-state index in [0.717, 1.165) is 10.8 Å². The number of urea groups is 1. The molecule has 3 rings (SSSR count). The molecule has 142 valence electrons. The first-order chi connectivity index (χ1) is 13.4. The summed E-state index contributed by atoms with van der Waals surface area (Å²) in [5.74, 6) is -1.13. The van der Waals surface area contributed by atoms with E-state index in [2.05, 4.69) is 10.6 Å². The predicted octanol–water partition coefficient (Wildman–Crippen LogP) is 3.51. The van der Waals surface area contributed by atoms with E-state index in [1.54, 1.807) is 18.2 Å². The Hall–Kier alpha value is -3.87. The van der Waals surface area contributed by atoms with Crippen molar-refractivity contribution in [3.05, 3.63) is 72.3 Å². The maximum atomic E-state index is 12.4. The number of nitrogens with one attached hydrogen (secondary N) is 2. The zero-order valence-corrected chi connectivity index (χ0v) is 15.1. The summed E-state index contributed by atoms with van der Waals surface area (Å²) in [6.07, 6.45) is -1.01. The maximum Gasteiger partial charge on any atom is 0.338 e. The third-order valence-electron chi connectivity index (χ3n) is 4.04. The van der Waals surface area contributed by atoms with Crippen LogP contribution in [0.25, 0.3) is 10.8 Å². The molecule has 1 atom stereocenters. The van der Waals surface area contributed by atoms with Crippen molar-refractivity contribution in [2.24, 2.45) is 5.73 Å². The molecular formula is C21H19N3O4. The molecule has 3 aromatic rings. The fourth-order valence-electron chi connectivity index (χ4n) is 2.66. The van der Waals surface area contributed by atoms with E-state index in [9.17, 15) is 14.4 Å². The zero-order chi connectivity index (χ0) is 20.1. The Morgan fingerprint density at radius 2 is 1.57 bits per heavy atom. The lowest BCUT2D eigenvalue weighted by Gasteiger charge is -2.14. The molecule has 0 aliphatic heterocycles. The molecule has 0 unspecified atom stereocenters. The second-order valence-corrected chi connectivity index (χ2v) is 6.17. The molecule has 0 aliphatic carbocycles. The first-order valence-corrected chi connectivity index (χ1v) is 8.59. The van der Waals surface area contributed by atoms with Crippen molar-refractivity contribution in [1.29, 1.82) is 0 Å². The summed E-state index contributed by atoms with van der Waals surface area (Å²) in [4.78, 5) is 35.6. The predicted molar refractivity (Wildman–Crippen MR) is 107 cm³/mol. The molecule has 28 heavy (non-hydrogen) atoms. The lowest BCUT2D eigenvalue weighted by Crippen LogP contribution is -2.30. The normalized spacial score (nSPS) is 11.5. The molecule has 0 aliphatic rings. The third-order valence-corrected chi connectivity index (χ3v) is 4.04. The van der Waals surface area contributed by atoms with Gasteiger partial charge < -0.3 is 21.1 Å². The van der Waals surface area contributed by atoms with Crippen LogP contribution in [0.3, 0.4) is 0 Å². The van der Waals surface area contributed by atoms with Gasteiger partial charge in [-0.15, -0.1) is 0 Å². The van der Waals surface area contributed by atoms with Gasteiger partial charge >= 0.3 is 12.0 Å². The van der Waals surface area contributed by atoms with Crippen LogP contribution in [0.5, 0.6) is 0 Å². The lowest BCUT2D eigenvalue weighted by atomic mass is 10.1. The molecule has 0 heterocycles. The minimum absolute atomic E-state index is 0.191. The van der Waals surface area contributed by atoms with Gasteiger partial charge in [0.05, 0.1) is 5.56 Å². The van der Waals surface area contributed by atoms with E-state index >= 15 is 0 Å². The zero-order valence-electron chi connectivity index (χ0n) is 15.1. The molecule has 7 nitrogen and oxygen atoms in total. The summed E-state index contributed by atoms with van der Waals surface area (Å²) in [6.45, 7) is 1.49. The summed E-state index contributed by atoms with van der Waals surface area (Å²) in [7, 11) is 0. The van der Waals surface area contributed by atoms with Gasteiger partial charge in [0, 0.05) is 11.4 Å². The second kappa shape index (κ2) is 8.22. The number of amides is 3. The SMILES string of the molecule is C[C@H](OC(=O)c1cccc(NC(N)=O)c1)C(=O)Nc1ccc2ccccc2c1. The number of carbonyl (C=O) groups is 3. The number of hydrogen-bond acceptors (Lipinski definition) is 4. The Morgan fingerprint density at radius 1 is 0.857 bits per heavy atom. The molecule has 0 aromatic heterocycles. The number of nitrogens with two attached hydrogens (primary N) is 1. The summed E-state index contributed by atoms with van der Waals surface area (Å²) in [6, 6.07) is 18.7. The Labute approximate surface area is 161 Å². The number of benzene rings is 3. The van der Waals surface area contributed by atoms with Gasteiger partial charge in [-0.05, 0) is 48.0 Å². The van der Waals surface area contributed by atoms with Crippen LogP contribution in [0.1, 0.15) is 17.3 Å². The standard InChI is InChI=1S/C21H19N3O4/c1-13(28-20(26)16-7-4-8-17(12-16)24-21(22)27)19(25)23-18-10-9-14-5-2-3-6-15(14)11-18/h2-13H,1H3,(H,23,25)(H3,22,24,27)/t13-/m0/s1. The second-order valence-electron chi connectivity index (χ2n) is 6.17. The van der Waals surface area contributed by atoms with Gasteiger partial charge in [0.25, 0.3) is 5.91 Å². The van der Waals surface area contributed by atoms with Crippen molar-refractivity contribution in [3.63, 3.8) is 0 Å². The minimum Gasteiger partial charge on any atom is -0.449 e. The smallest absolute Gasteiger partial charge is 0.338 e. The molecule has 3 aromatic carbocycles. The van der Waals surface area contributed by atoms with Crippen molar-refractivity contribution in [3.8, 4) is 0 Å². The van der Waals surface area contributed by atoms with Gasteiger partial charge in [0.1, 0.15) is 0 Å². The summed E-state index contributed by atoms with van der Waals surface area (Å²) >= 11 is 0. The fraction of sp³-hybridized carbons (Fsp3) is 0.0952. The molecule has 0 fully saturated rings. The van der Waals surface area contributed by atoms with Crippen molar-refractivity contribution in [2.45, 2.75) is 13.0 Å². The molecule has 0 saturated carbocycles. The Bertz CT molecular complexity index is 1050. The van der Waals surface area contributed by atoms with E-state index in [1.807, 2.05) is 36.4 Å². The van der Waals surface area contributed by atoms with Crippen LogP contribution in [0, 0.1) is 0 Å². The van der Waals surface area contributed by atoms with E-state index in [0.29, 0.717) is 11.4 Å². The quantitative estimate of drug-likeness (QED) is 0.591. The molecule has 4 N–H and O–H groups in total. The van der Waals surface area contributed by atoms with E-state index in [-0.39, 0.29) is 5.56 Å². The number of ether oxygens (including phenoxy) is 1. The van der Waals surface area contributed by atoms with E-state index in [1.165, 1.54) is 19.1 Å². The number of anilines is 2. The highest BCUT2D eigenvalue weighted by Crippen LogP contribution is 2.19. The van der Waals surface area contributed by atoms with Crippen LogP contribution in [-0.4, -0.2) is 24.0 Å². The van der Waals surface area contributed by atoms with Gasteiger partial charge in [-0.3, -0.25) is 4.79 Å². The monoisotopic (exact) mass is 377 g/mol. The first-order valence-electron chi connectivity index (χ1n) is 8.59. The lowest BCUT2D eigenvalue weighted by molar-refractivity contribution is -0.123. The van der Waals surface area contributed by atoms with Gasteiger partial charge in [-0.1, -0.05) is 36.4 Å². The number of primary amides is 1. The molecule has 0 bridgehead atoms. The summed E-state index contributed by atoms with van der Waals surface area (Å²) in [5.41, 5.74) is 6.22. The number of rotatable bonds is 5. The summed E-state index contributed by atoms with van der Waals surface area (Å²) in [5, 5.41) is 7.16. The van der Waals surface area contributed by atoms with Crippen molar-refractivity contribution < 1.29 is 19.1 Å². The highest BCUT2D eigenvalue weighted by molar-refractivity contribution is 5.99. The van der Waals surface area contributed by atoms with Crippen LogP contribution >= 0.6 is 0 Å². The van der Waals surface area contributed by atoms with Crippen LogP contribution in [0.2, 0.25) is 0 Å². The molecule has 7 heteroatoms. The van der Waals surface area contributed by atoms with E-state index < -0.39 is 24.0 Å². The highest BCUT2D eigenvalue weighted by Gasteiger charge is 2.19. The van der Waals surface area contributed by atoms with Crippen molar-refractivity contribution in [2.75, 3.05) is 10.6 Å². The molecule has 0 radical (unpaired) electrons. The summed E-state index contributed by atoms with van der Waals surface area (Å²) < 4.78 is 5.22. The van der Waals surface area contributed by atoms with Crippen LogP contribution < -0.4 is 16.4 Å². The molecule has 0 spiro atoms. The van der Waals surface area contributed by atoms with Gasteiger partial charge in [-0.25, -0.2) is 9.59 Å². The topological polar surface area (TPSA) is 111 Å². The Morgan fingerprint density at radius 3 is 2.32 bits per heavy atom. The first kappa shape index (κ1) is 18.9. The molecular weight excluding hydrogens is 358 g/mol. The Balaban J connectivity index is 1.64. The molecule has 0 saturated heterocycles. The largest absolute Gasteiger partial charge is 0.449 e. The van der Waals surface area contributed by atoms with Gasteiger partial charge in [0.15, 0.2) is 6.10 Å². The average Bonchev–Trinajstić information content (AvgIpc) is 2.67. The third kappa shape index (κ3) is 4.64.